The molecule has 0 radical (unpaired) electrons. The van der Waals surface area contributed by atoms with Crippen LogP contribution in [0.2, 0.25) is 0 Å². The summed E-state index contributed by atoms with van der Waals surface area (Å²) in [5, 5.41) is 9.15. The maximum absolute atomic E-state index is 12.3. The van der Waals surface area contributed by atoms with E-state index < -0.39 is 12.0 Å². The molecule has 7 heteroatoms. The maximum Gasteiger partial charge on any atom is 0.326 e. The standard InChI is InChI=1S/C17H19NO6/c1-22-13-9-11(10-14-16(13)24-8-7-23-14)4-5-15(19)18-6-2-3-12(18)17(20)21/h4-5,9-10,12H,2-3,6-8H2,1H3,(H,20,21)/b5-4+/t12-/m1/s1. The highest BCUT2D eigenvalue weighted by molar-refractivity contribution is 5.95. The molecule has 0 saturated carbocycles. The minimum Gasteiger partial charge on any atom is -0.493 e. The minimum atomic E-state index is -0.963. The van der Waals surface area contributed by atoms with Crippen molar-refractivity contribution in [2.75, 3.05) is 26.9 Å². The summed E-state index contributed by atoms with van der Waals surface area (Å²) < 4.78 is 16.4. The molecule has 3 rings (SSSR count). The van der Waals surface area contributed by atoms with Crippen LogP contribution in [0.1, 0.15) is 18.4 Å². The van der Waals surface area contributed by atoms with Crippen LogP contribution in [0.3, 0.4) is 0 Å². The van der Waals surface area contributed by atoms with Crippen molar-refractivity contribution in [1.29, 1.82) is 0 Å². The largest absolute Gasteiger partial charge is 0.493 e. The average Bonchev–Trinajstić information content (AvgIpc) is 3.09. The number of carbonyl (C=O) groups is 2. The molecule has 0 bridgehead atoms. The summed E-state index contributed by atoms with van der Waals surface area (Å²) in [6.07, 6.45) is 4.20. The number of hydrogen-bond donors (Lipinski definition) is 1. The highest BCUT2D eigenvalue weighted by Crippen LogP contribution is 2.40. The lowest BCUT2D eigenvalue weighted by Crippen LogP contribution is -2.39. The lowest BCUT2D eigenvalue weighted by Gasteiger charge is -2.21. The third kappa shape index (κ3) is 3.15. The van der Waals surface area contributed by atoms with E-state index in [9.17, 15) is 9.59 Å². The molecule has 0 unspecified atom stereocenters. The molecule has 1 saturated heterocycles. The lowest BCUT2D eigenvalue weighted by atomic mass is 10.1. The van der Waals surface area contributed by atoms with Crippen molar-refractivity contribution < 1.29 is 28.9 Å². The van der Waals surface area contributed by atoms with E-state index in [1.807, 2.05) is 0 Å². The van der Waals surface area contributed by atoms with E-state index in [0.29, 0.717) is 49.8 Å². The van der Waals surface area contributed by atoms with E-state index in [0.717, 1.165) is 5.56 Å². The Bertz CT molecular complexity index is 667. The Kier molecular flexibility index (Phi) is 4.59. The maximum atomic E-state index is 12.3. The second kappa shape index (κ2) is 6.82. The van der Waals surface area contributed by atoms with E-state index in [4.69, 9.17) is 19.3 Å². The van der Waals surface area contributed by atoms with Crippen molar-refractivity contribution in [1.82, 2.24) is 4.90 Å². The summed E-state index contributed by atoms with van der Waals surface area (Å²) in [7, 11) is 1.54. The number of likely N-dealkylation sites (tertiary alicyclic amines) is 1. The lowest BCUT2D eigenvalue weighted by molar-refractivity contribution is -0.146. The highest BCUT2D eigenvalue weighted by Gasteiger charge is 2.32. The molecule has 7 nitrogen and oxygen atoms in total. The van der Waals surface area contributed by atoms with Crippen LogP contribution < -0.4 is 14.2 Å². The average molecular weight is 333 g/mol. The number of amides is 1. The molecule has 1 atom stereocenters. The van der Waals surface area contributed by atoms with Gasteiger partial charge in [0.2, 0.25) is 11.7 Å². The zero-order valence-electron chi connectivity index (χ0n) is 13.4. The summed E-state index contributed by atoms with van der Waals surface area (Å²) in [6, 6.07) is 2.77. The van der Waals surface area contributed by atoms with Gasteiger partial charge in [-0.15, -0.1) is 0 Å². The van der Waals surface area contributed by atoms with Crippen molar-refractivity contribution >= 4 is 18.0 Å². The Morgan fingerprint density at radius 3 is 2.88 bits per heavy atom. The van der Waals surface area contributed by atoms with Gasteiger partial charge in [0.05, 0.1) is 7.11 Å². The molecular weight excluding hydrogens is 314 g/mol. The van der Waals surface area contributed by atoms with Gasteiger partial charge in [-0.05, 0) is 36.6 Å². The molecule has 1 aromatic rings. The van der Waals surface area contributed by atoms with Gasteiger partial charge in [0.15, 0.2) is 11.5 Å². The third-order valence-corrected chi connectivity index (χ3v) is 4.09. The Balaban J connectivity index is 1.79. The fourth-order valence-corrected chi connectivity index (χ4v) is 2.94. The normalized spacial score (nSPS) is 19.5. The predicted molar refractivity (Wildman–Crippen MR) is 85.4 cm³/mol. The van der Waals surface area contributed by atoms with Crippen LogP contribution in [0.4, 0.5) is 0 Å². The molecule has 24 heavy (non-hydrogen) atoms. The summed E-state index contributed by atoms with van der Waals surface area (Å²) in [5.41, 5.74) is 0.718. The number of aliphatic carboxylic acids is 1. The van der Waals surface area contributed by atoms with Crippen LogP contribution in [0, 0.1) is 0 Å². The number of carbonyl (C=O) groups excluding carboxylic acids is 1. The topological polar surface area (TPSA) is 85.3 Å². The van der Waals surface area contributed by atoms with Crippen molar-refractivity contribution in [3.05, 3.63) is 23.8 Å². The molecule has 128 valence electrons. The smallest absolute Gasteiger partial charge is 0.326 e. The number of rotatable bonds is 4. The van der Waals surface area contributed by atoms with E-state index in [1.165, 1.54) is 18.1 Å². The van der Waals surface area contributed by atoms with Gasteiger partial charge in [-0.2, -0.15) is 0 Å². The zero-order chi connectivity index (χ0) is 17.1. The quantitative estimate of drug-likeness (QED) is 0.842. The number of nitrogens with zero attached hydrogens (tertiary/aromatic N) is 1. The summed E-state index contributed by atoms with van der Waals surface area (Å²) in [5.74, 6) is 0.378. The zero-order valence-corrected chi connectivity index (χ0v) is 13.4. The fraction of sp³-hybridized carbons (Fsp3) is 0.412. The molecular formula is C17H19NO6. The number of methoxy groups -OCH3 is 1. The van der Waals surface area contributed by atoms with E-state index in [1.54, 1.807) is 18.2 Å². The van der Waals surface area contributed by atoms with E-state index in [2.05, 4.69) is 0 Å². The number of benzene rings is 1. The molecule has 1 fully saturated rings. The Labute approximate surface area is 139 Å². The van der Waals surface area contributed by atoms with Crippen LogP contribution >= 0.6 is 0 Å². The Morgan fingerprint density at radius 1 is 1.33 bits per heavy atom. The number of hydrogen-bond acceptors (Lipinski definition) is 5. The monoisotopic (exact) mass is 333 g/mol. The molecule has 2 aliphatic heterocycles. The van der Waals surface area contributed by atoms with E-state index >= 15 is 0 Å². The summed E-state index contributed by atoms with van der Waals surface area (Å²) in [6.45, 7) is 1.38. The Morgan fingerprint density at radius 2 is 2.12 bits per heavy atom. The first kappa shape index (κ1) is 16.2. The van der Waals surface area contributed by atoms with Crippen molar-refractivity contribution in [2.24, 2.45) is 0 Å². The number of ether oxygens (including phenoxy) is 3. The first-order valence-electron chi connectivity index (χ1n) is 7.79. The molecule has 1 amide bonds. The van der Waals surface area contributed by atoms with E-state index in [-0.39, 0.29) is 5.91 Å². The van der Waals surface area contributed by atoms with Crippen LogP contribution in [-0.4, -0.2) is 54.8 Å². The fourth-order valence-electron chi connectivity index (χ4n) is 2.94. The summed E-state index contributed by atoms with van der Waals surface area (Å²) in [4.78, 5) is 24.8. The van der Waals surface area contributed by atoms with Crippen LogP contribution in [0.15, 0.2) is 18.2 Å². The molecule has 2 heterocycles. The van der Waals surface area contributed by atoms with Gasteiger partial charge >= 0.3 is 5.97 Å². The van der Waals surface area contributed by atoms with Gasteiger partial charge in [-0.1, -0.05) is 0 Å². The van der Waals surface area contributed by atoms with Crippen molar-refractivity contribution in [3.63, 3.8) is 0 Å². The predicted octanol–water partition coefficient (Wildman–Crippen LogP) is 1.56. The van der Waals surface area contributed by atoms with Gasteiger partial charge in [0.25, 0.3) is 0 Å². The van der Waals surface area contributed by atoms with Gasteiger partial charge < -0.3 is 24.2 Å². The number of fused-ring (bicyclic) bond motifs is 1. The first-order chi connectivity index (χ1) is 11.6. The van der Waals surface area contributed by atoms with Crippen LogP contribution in [-0.2, 0) is 9.59 Å². The molecule has 0 spiro atoms. The highest BCUT2D eigenvalue weighted by atomic mass is 16.6. The molecule has 0 aliphatic carbocycles. The second-order valence-corrected chi connectivity index (χ2v) is 5.61. The third-order valence-electron chi connectivity index (χ3n) is 4.09. The van der Waals surface area contributed by atoms with Crippen LogP contribution in [0.5, 0.6) is 17.2 Å². The minimum absolute atomic E-state index is 0.311. The number of carboxylic acid groups (broad SMARTS) is 1. The van der Waals surface area contributed by atoms with Crippen LogP contribution in [0.25, 0.3) is 6.08 Å². The Hall–Kier alpha value is -2.70. The SMILES string of the molecule is COc1cc(/C=C/C(=O)N2CCC[C@@H]2C(=O)O)cc2c1OCCO2. The van der Waals surface area contributed by atoms with Gasteiger partial charge in [0.1, 0.15) is 19.3 Å². The van der Waals surface area contributed by atoms with Gasteiger partial charge in [-0.25, -0.2) is 4.79 Å². The molecule has 0 aromatic heterocycles. The van der Waals surface area contributed by atoms with Crippen molar-refractivity contribution in [2.45, 2.75) is 18.9 Å². The van der Waals surface area contributed by atoms with Gasteiger partial charge in [-0.3, -0.25) is 4.79 Å². The first-order valence-corrected chi connectivity index (χ1v) is 7.79. The molecule has 1 aromatic carbocycles. The second-order valence-electron chi connectivity index (χ2n) is 5.61. The molecule has 2 aliphatic rings. The molecule has 1 N–H and O–H groups in total. The van der Waals surface area contributed by atoms with Crippen molar-refractivity contribution in [3.8, 4) is 17.2 Å². The summed E-state index contributed by atoms with van der Waals surface area (Å²) >= 11 is 0. The van der Waals surface area contributed by atoms with Gasteiger partial charge in [0, 0.05) is 12.6 Å². The number of carboxylic acids is 1.